The number of hydrogen-bond acceptors (Lipinski definition) is 3. The van der Waals surface area contributed by atoms with Gasteiger partial charge in [0.25, 0.3) is 5.91 Å². The van der Waals surface area contributed by atoms with E-state index in [2.05, 4.69) is 10.3 Å². The van der Waals surface area contributed by atoms with Crippen molar-refractivity contribution in [1.82, 2.24) is 19.8 Å². The van der Waals surface area contributed by atoms with Crippen LogP contribution < -0.4 is 5.32 Å². The summed E-state index contributed by atoms with van der Waals surface area (Å²) < 4.78 is 1.98. The van der Waals surface area contributed by atoms with E-state index in [1.807, 2.05) is 41.0 Å². The van der Waals surface area contributed by atoms with E-state index in [4.69, 9.17) is 0 Å². The summed E-state index contributed by atoms with van der Waals surface area (Å²) in [6.45, 7) is 1.13. The van der Waals surface area contributed by atoms with Crippen molar-refractivity contribution in [2.45, 2.75) is 0 Å². The van der Waals surface area contributed by atoms with Crippen LogP contribution in [0.15, 0.2) is 54.9 Å². The topological polar surface area (TPSA) is 67.2 Å². The first-order valence-electron chi connectivity index (χ1n) is 7.81. The van der Waals surface area contributed by atoms with E-state index >= 15 is 0 Å². The van der Waals surface area contributed by atoms with E-state index in [-0.39, 0.29) is 18.4 Å². The Kier molecular flexibility index (Phi) is 3.49. The van der Waals surface area contributed by atoms with Gasteiger partial charge >= 0.3 is 0 Å². The van der Waals surface area contributed by atoms with Gasteiger partial charge in [0.15, 0.2) is 0 Å². The molecule has 2 amide bonds. The van der Waals surface area contributed by atoms with Gasteiger partial charge in [0.1, 0.15) is 6.33 Å². The molecule has 1 aliphatic rings. The van der Waals surface area contributed by atoms with Crippen LogP contribution in [0.4, 0.5) is 0 Å². The number of amides is 2. The molecule has 0 bridgehead atoms. The zero-order valence-corrected chi connectivity index (χ0v) is 13.0. The minimum absolute atomic E-state index is 0.106. The van der Waals surface area contributed by atoms with Crippen LogP contribution in [0.5, 0.6) is 0 Å². The average Bonchev–Trinajstić information content (AvgIpc) is 3.05. The Hall–Kier alpha value is -3.15. The van der Waals surface area contributed by atoms with Crippen molar-refractivity contribution < 1.29 is 9.59 Å². The highest BCUT2D eigenvalue weighted by molar-refractivity contribution is 5.99. The molecule has 3 aromatic rings. The number of benzene rings is 2. The van der Waals surface area contributed by atoms with Crippen LogP contribution in [0.2, 0.25) is 0 Å². The maximum atomic E-state index is 12.6. The van der Waals surface area contributed by atoms with E-state index in [0.717, 1.165) is 16.7 Å². The predicted molar refractivity (Wildman–Crippen MR) is 90.0 cm³/mol. The molecule has 6 nitrogen and oxygen atoms in total. The summed E-state index contributed by atoms with van der Waals surface area (Å²) in [5.74, 6) is -0.259. The Bertz CT molecular complexity index is 917. The lowest BCUT2D eigenvalue weighted by atomic mass is 10.1. The number of carbonyl (C=O) groups is 2. The van der Waals surface area contributed by atoms with Crippen molar-refractivity contribution >= 4 is 22.8 Å². The van der Waals surface area contributed by atoms with Gasteiger partial charge in [-0.3, -0.25) is 14.2 Å². The van der Waals surface area contributed by atoms with Crippen molar-refractivity contribution in [2.75, 3.05) is 19.6 Å². The minimum atomic E-state index is -0.138. The number of nitrogens with one attached hydrogen (secondary N) is 1. The molecule has 2 heterocycles. The van der Waals surface area contributed by atoms with Crippen LogP contribution in [-0.2, 0) is 4.79 Å². The normalized spacial score (nSPS) is 14.7. The Morgan fingerprint density at radius 3 is 2.75 bits per heavy atom. The second-order valence-corrected chi connectivity index (χ2v) is 5.73. The fourth-order valence-corrected chi connectivity index (χ4v) is 2.93. The maximum Gasteiger partial charge on any atom is 0.254 e. The van der Waals surface area contributed by atoms with Crippen molar-refractivity contribution in [3.05, 3.63) is 60.4 Å². The van der Waals surface area contributed by atoms with Gasteiger partial charge in [-0.2, -0.15) is 0 Å². The fourth-order valence-electron chi connectivity index (χ4n) is 2.93. The van der Waals surface area contributed by atoms with E-state index in [9.17, 15) is 9.59 Å². The van der Waals surface area contributed by atoms with E-state index in [1.165, 1.54) is 0 Å². The SMILES string of the molecule is O=C1CN(C(=O)c2ccc3c(c2)ncn3-c2ccccc2)CCN1. The first-order chi connectivity index (χ1) is 11.7. The number of nitrogens with zero attached hydrogens (tertiary/aromatic N) is 3. The van der Waals surface area contributed by atoms with Gasteiger partial charge in [0.2, 0.25) is 5.91 Å². The molecule has 1 aliphatic heterocycles. The molecular weight excluding hydrogens is 304 g/mol. The number of imidazole rings is 1. The molecule has 0 saturated carbocycles. The molecule has 0 radical (unpaired) electrons. The van der Waals surface area contributed by atoms with E-state index in [0.29, 0.717) is 18.7 Å². The standard InChI is InChI=1S/C18H16N4O2/c23-17-11-21(9-8-19-17)18(24)13-6-7-16-15(10-13)20-12-22(16)14-4-2-1-3-5-14/h1-7,10,12H,8-9,11H2,(H,19,23). The summed E-state index contributed by atoms with van der Waals surface area (Å²) in [7, 11) is 0. The van der Waals surface area contributed by atoms with Gasteiger partial charge in [-0.05, 0) is 30.3 Å². The second-order valence-electron chi connectivity index (χ2n) is 5.73. The lowest BCUT2D eigenvalue weighted by Crippen LogP contribution is -2.49. The van der Waals surface area contributed by atoms with Gasteiger partial charge in [0, 0.05) is 24.3 Å². The molecule has 1 N–H and O–H groups in total. The van der Waals surface area contributed by atoms with Crippen LogP contribution in [0, 0.1) is 0 Å². The van der Waals surface area contributed by atoms with Gasteiger partial charge in [-0.15, -0.1) is 0 Å². The zero-order chi connectivity index (χ0) is 16.5. The molecule has 1 fully saturated rings. The maximum absolute atomic E-state index is 12.6. The Morgan fingerprint density at radius 1 is 1.12 bits per heavy atom. The number of fused-ring (bicyclic) bond motifs is 1. The number of carbonyl (C=O) groups excluding carboxylic acids is 2. The third kappa shape index (κ3) is 2.52. The van der Waals surface area contributed by atoms with Crippen LogP contribution in [-0.4, -0.2) is 45.9 Å². The van der Waals surface area contributed by atoms with Crippen molar-refractivity contribution in [2.24, 2.45) is 0 Å². The summed E-state index contributed by atoms with van der Waals surface area (Å²) in [6, 6.07) is 15.4. The number of piperazine rings is 1. The zero-order valence-electron chi connectivity index (χ0n) is 13.0. The molecule has 24 heavy (non-hydrogen) atoms. The number of hydrogen-bond donors (Lipinski definition) is 1. The molecule has 0 spiro atoms. The molecule has 6 heteroatoms. The summed E-state index contributed by atoms with van der Waals surface area (Å²) in [4.78, 5) is 30.0. The predicted octanol–water partition coefficient (Wildman–Crippen LogP) is 1.60. The van der Waals surface area contributed by atoms with E-state index < -0.39 is 0 Å². The van der Waals surface area contributed by atoms with Crippen molar-refractivity contribution in [1.29, 1.82) is 0 Å². The Morgan fingerprint density at radius 2 is 1.96 bits per heavy atom. The summed E-state index contributed by atoms with van der Waals surface area (Å²) in [6.07, 6.45) is 1.75. The van der Waals surface area contributed by atoms with E-state index in [1.54, 1.807) is 23.4 Å². The Balaban J connectivity index is 1.67. The summed E-state index contributed by atoms with van der Waals surface area (Å²) in [5, 5.41) is 2.72. The average molecular weight is 320 g/mol. The van der Waals surface area contributed by atoms with Crippen LogP contribution in [0.1, 0.15) is 10.4 Å². The van der Waals surface area contributed by atoms with Gasteiger partial charge in [0.05, 0.1) is 17.6 Å². The second kappa shape index (κ2) is 5.81. The molecule has 1 saturated heterocycles. The summed E-state index contributed by atoms with van der Waals surface area (Å²) in [5.41, 5.74) is 3.27. The third-order valence-corrected chi connectivity index (χ3v) is 4.15. The minimum Gasteiger partial charge on any atom is -0.353 e. The van der Waals surface area contributed by atoms with Gasteiger partial charge in [-0.1, -0.05) is 18.2 Å². The summed E-state index contributed by atoms with van der Waals surface area (Å²) >= 11 is 0. The van der Waals surface area contributed by atoms with Crippen LogP contribution >= 0.6 is 0 Å². The molecule has 0 atom stereocenters. The Labute approximate surface area is 138 Å². The molecular formula is C18H16N4O2. The third-order valence-electron chi connectivity index (χ3n) is 4.15. The molecule has 0 aliphatic carbocycles. The quantitative estimate of drug-likeness (QED) is 0.780. The number of aromatic nitrogens is 2. The highest BCUT2D eigenvalue weighted by Gasteiger charge is 2.22. The van der Waals surface area contributed by atoms with Crippen LogP contribution in [0.25, 0.3) is 16.7 Å². The smallest absolute Gasteiger partial charge is 0.254 e. The lowest BCUT2D eigenvalue weighted by molar-refractivity contribution is -0.123. The fraction of sp³-hybridized carbons (Fsp3) is 0.167. The molecule has 2 aromatic carbocycles. The van der Waals surface area contributed by atoms with Gasteiger partial charge in [-0.25, -0.2) is 4.98 Å². The molecule has 4 rings (SSSR count). The number of para-hydroxylation sites is 1. The lowest BCUT2D eigenvalue weighted by Gasteiger charge is -2.26. The van der Waals surface area contributed by atoms with Gasteiger partial charge < -0.3 is 10.2 Å². The first-order valence-corrected chi connectivity index (χ1v) is 7.81. The van der Waals surface area contributed by atoms with Crippen molar-refractivity contribution in [3.8, 4) is 5.69 Å². The molecule has 0 unspecified atom stereocenters. The molecule has 120 valence electrons. The largest absolute Gasteiger partial charge is 0.353 e. The van der Waals surface area contributed by atoms with Crippen LogP contribution in [0.3, 0.4) is 0 Å². The highest BCUT2D eigenvalue weighted by Crippen LogP contribution is 2.20. The monoisotopic (exact) mass is 320 g/mol. The molecule has 1 aromatic heterocycles. The van der Waals surface area contributed by atoms with Crippen molar-refractivity contribution in [3.63, 3.8) is 0 Å². The highest BCUT2D eigenvalue weighted by atomic mass is 16.2. The number of rotatable bonds is 2. The first kappa shape index (κ1) is 14.4.